The van der Waals surface area contributed by atoms with Gasteiger partial charge in [0.25, 0.3) is 0 Å². The molecule has 21 heavy (non-hydrogen) atoms. The molecule has 1 aromatic carbocycles. The number of amides is 3. The molecule has 1 heterocycles. The molecular formula is C14H15F3N2O2. The number of imide groups is 1. The minimum atomic E-state index is -4.53. The van der Waals surface area contributed by atoms with Gasteiger partial charge in [0.2, 0.25) is 5.91 Å². The number of nitrogens with one attached hydrogen (secondary N) is 1. The van der Waals surface area contributed by atoms with E-state index in [1.807, 2.05) is 0 Å². The number of halogens is 3. The van der Waals surface area contributed by atoms with Crippen molar-refractivity contribution in [2.45, 2.75) is 26.4 Å². The number of benzene rings is 1. The second-order valence-corrected chi connectivity index (χ2v) is 5.26. The highest BCUT2D eigenvalue weighted by Crippen LogP contribution is 2.34. The molecule has 114 valence electrons. The molecule has 1 atom stereocenters. The van der Waals surface area contributed by atoms with Gasteiger partial charge in [0, 0.05) is 6.54 Å². The van der Waals surface area contributed by atoms with Crippen LogP contribution in [0.15, 0.2) is 24.3 Å². The van der Waals surface area contributed by atoms with E-state index in [1.54, 1.807) is 13.8 Å². The minimum Gasteiger partial charge on any atom is -0.336 e. The highest BCUT2D eigenvalue weighted by atomic mass is 19.4. The molecule has 2 rings (SSSR count). The lowest BCUT2D eigenvalue weighted by Crippen LogP contribution is -2.59. The van der Waals surface area contributed by atoms with Crippen molar-refractivity contribution < 1.29 is 22.8 Å². The summed E-state index contributed by atoms with van der Waals surface area (Å²) in [6.45, 7) is 3.64. The van der Waals surface area contributed by atoms with E-state index in [-0.39, 0.29) is 12.2 Å². The third-order valence-electron chi connectivity index (χ3n) is 3.76. The van der Waals surface area contributed by atoms with E-state index in [0.717, 1.165) is 17.0 Å². The maximum Gasteiger partial charge on any atom is 0.416 e. The summed E-state index contributed by atoms with van der Waals surface area (Å²) < 4.78 is 38.2. The van der Waals surface area contributed by atoms with Gasteiger partial charge in [-0.1, -0.05) is 13.0 Å². The van der Waals surface area contributed by atoms with E-state index in [2.05, 4.69) is 5.32 Å². The van der Waals surface area contributed by atoms with Crippen LogP contribution in [0, 0.1) is 5.41 Å². The van der Waals surface area contributed by atoms with Gasteiger partial charge in [0.05, 0.1) is 16.7 Å². The Kier molecular flexibility index (Phi) is 3.69. The Bertz CT molecular complexity index is 586. The normalized spacial score (nSPS) is 23.2. The molecule has 1 saturated heterocycles. The fraction of sp³-hybridized carbons (Fsp3) is 0.429. The van der Waals surface area contributed by atoms with Crippen molar-refractivity contribution >= 4 is 17.6 Å². The molecule has 0 spiro atoms. The van der Waals surface area contributed by atoms with Crippen LogP contribution in [0.5, 0.6) is 0 Å². The van der Waals surface area contributed by atoms with Crippen molar-refractivity contribution in [3.05, 3.63) is 29.8 Å². The summed E-state index contributed by atoms with van der Waals surface area (Å²) >= 11 is 0. The first kappa shape index (κ1) is 15.3. The summed E-state index contributed by atoms with van der Waals surface area (Å²) in [6.07, 6.45) is -4.05. The first-order valence-electron chi connectivity index (χ1n) is 6.49. The van der Waals surface area contributed by atoms with Crippen LogP contribution in [0.1, 0.15) is 25.8 Å². The summed E-state index contributed by atoms with van der Waals surface area (Å²) in [5, 5.41) is 2.55. The van der Waals surface area contributed by atoms with Crippen molar-refractivity contribution in [1.29, 1.82) is 0 Å². The van der Waals surface area contributed by atoms with Crippen LogP contribution in [-0.2, 0) is 11.0 Å². The first-order valence-corrected chi connectivity index (χ1v) is 6.49. The predicted molar refractivity (Wildman–Crippen MR) is 70.7 cm³/mol. The molecule has 4 nitrogen and oxygen atoms in total. The van der Waals surface area contributed by atoms with E-state index < -0.39 is 29.1 Å². The van der Waals surface area contributed by atoms with Crippen LogP contribution in [0.4, 0.5) is 23.7 Å². The number of urea groups is 1. The molecule has 7 heteroatoms. The van der Waals surface area contributed by atoms with Gasteiger partial charge >= 0.3 is 12.2 Å². The number of hydrogen-bond donors (Lipinski definition) is 1. The molecule has 1 N–H and O–H groups in total. The molecule has 3 amide bonds. The van der Waals surface area contributed by atoms with E-state index in [4.69, 9.17) is 0 Å². The largest absolute Gasteiger partial charge is 0.416 e. The van der Waals surface area contributed by atoms with E-state index in [0.29, 0.717) is 6.42 Å². The van der Waals surface area contributed by atoms with Crippen LogP contribution >= 0.6 is 0 Å². The summed E-state index contributed by atoms with van der Waals surface area (Å²) in [5.74, 6) is -0.493. The van der Waals surface area contributed by atoms with Crippen LogP contribution in [-0.4, -0.2) is 18.5 Å². The highest BCUT2D eigenvalue weighted by molar-refractivity contribution is 6.17. The Morgan fingerprint density at radius 3 is 2.57 bits per heavy atom. The predicted octanol–water partition coefficient (Wildman–Crippen LogP) is 3.18. The highest BCUT2D eigenvalue weighted by Gasteiger charge is 2.43. The lowest BCUT2D eigenvalue weighted by molar-refractivity contribution is -0.137. The molecule has 1 aliphatic heterocycles. The number of rotatable bonds is 2. The smallest absolute Gasteiger partial charge is 0.336 e. The van der Waals surface area contributed by atoms with Gasteiger partial charge in [-0.2, -0.15) is 13.2 Å². The minimum absolute atomic E-state index is 0.0771. The van der Waals surface area contributed by atoms with Crippen LogP contribution in [0.25, 0.3) is 0 Å². The monoisotopic (exact) mass is 300 g/mol. The Balaban J connectivity index is 2.44. The average Bonchev–Trinajstić information content (AvgIpc) is 2.43. The Labute approximate surface area is 119 Å². The maximum atomic E-state index is 12.7. The summed E-state index contributed by atoms with van der Waals surface area (Å²) in [6, 6.07) is 3.49. The van der Waals surface area contributed by atoms with Gasteiger partial charge in [-0.25, -0.2) is 9.69 Å². The third kappa shape index (κ3) is 2.72. The Morgan fingerprint density at radius 2 is 2.00 bits per heavy atom. The molecule has 0 radical (unpaired) electrons. The van der Waals surface area contributed by atoms with E-state index in [9.17, 15) is 22.8 Å². The summed E-state index contributed by atoms with van der Waals surface area (Å²) in [5.41, 5.74) is -1.79. The van der Waals surface area contributed by atoms with Gasteiger partial charge < -0.3 is 5.32 Å². The van der Waals surface area contributed by atoms with Crippen molar-refractivity contribution in [2.75, 3.05) is 11.4 Å². The molecule has 0 saturated carbocycles. The topological polar surface area (TPSA) is 49.4 Å². The summed E-state index contributed by atoms with van der Waals surface area (Å²) in [7, 11) is 0. The second-order valence-electron chi connectivity index (χ2n) is 5.26. The number of carbonyl (C=O) groups excluding carboxylic acids is 2. The average molecular weight is 300 g/mol. The zero-order valence-corrected chi connectivity index (χ0v) is 11.6. The van der Waals surface area contributed by atoms with Gasteiger partial charge in [0.15, 0.2) is 0 Å². The van der Waals surface area contributed by atoms with Gasteiger partial charge in [0.1, 0.15) is 0 Å². The Hall–Kier alpha value is -2.05. The van der Waals surface area contributed by atoms with Gasteiger partial charge in [-0.05, 0) is 31.5 Å². The van der Waals surface area contributed by atoms with Gasteiger partial charge in [-0.15, -0.1) is 0 Å². The maximum absolute atomic E-state index is 12.7. The van der Waals surface area contributed by atoms with Crippen molar-refractivity contribution in [1.82, 2.24) is 5.32 Å². The van der Waals surface area contributed by atoms with Crippen LogP contribution in [0.2, 0.25) is 0 Å². The number of alkyl halides is 3. The standard InChI is InChI=1S/C14H15F3N2O2/c1-3-13(2)8-18-12(21)19(11(13)20)10-6-4-5-9(7-10)14(15,16)17/h4-7H,3,8H2,1-2H3,(H,18,21). The van der Waals surface area contributed by atoms with Crippen LogP contribution in [0.3, 0.4) is 0 Å². The SMILES string of the molecule is CCC1(C)CNC(=O)N(c2cccc(C(F)(F)F)c2)C1=O. The fourth-order valence-corrected chi connectivity index (χ4v) is 2.12. The molecule has 0 bridgehead atoms. The number of carbonyl (C=O) groups is 2. The summed E-state index contributed by atoms with van der Waals surface area (Å²) in [4.78, 5) is 25.1. The molecule has 1 fully saturated rings. The molecule has 0 aliphatic carbocycles. The molecule has 0 aromatic heterocycles. The molecule has 1 unspecified atom stereocenters. The number of hydrogen-bond acceptors (Lipinski definition) is 2. The van der Waals surface area contributed by atoms with Gasteiger partial charge in [-0.3, -0.25) is 4.79 Å². The second kappa shape index (κ2) is 5.05. The molecule has 1 aromatic rings. The molecular weight excluding hydrogens is 285 g/mol. The van der Waals surface area contributed by atoms with E-state index >= 15 is 0 Å². The molecule has 1 aliphatic rings. The third-order valence-corrected chi connectivity index (χ3v) is 3.76. The van der Waals surface area contributed by atoms with Crippen LogP contribution < -0.4 is 10.2 Å². The zero-order chi connectivity index (χ0) is 15.8. The number of anilines is 1. The Morgan fingerprint density at radius 1 is 1.33 bits per heavy atom. The quantitative estimate of drug-likeness (QED) is 0.912. The van der Waals surface area contributed by atoms with Crippen molar-refractivity contribution in [2.24, 2.45) is 5.41 Å². The lowest BCUT2D eigenvalue weighted by atomic mass is 9.84. The fourth-order valence-electron chi connectivity index (χ4n) is 2.12. The zero-order valence-electron chi connectivity index (χ0n) is 11.6. The first-order chi connectivity index (χ1) is 9.69. The lowest BCUT2D eigenvalue weighted by Gasteiger charge is -2.38. The van der Waals surface area contributed by atoms with E-state index in [1.165, 1.54) is 12.1 Å². The van der Waals surface area contributed by atoms with Crippen molar-refractivity contribution in [3.8, 4) is 0 Å². The number of nitrogens with zero attached hydrogens (tertiary/aromatic N) is 1. The van der Waals surface area contributed by atoms with Crippen molar-refractivity contribution in [3.63, 3.8) is 0 Å².